The second-order valence-corrected chi connectivity index (χ2v) is 5.52. The van der Waals surface area contributed by atoms with Crippen LogP contribution in [0, 0.1) is 0 Å². The number of rotatable bonds is 7. The Kier molecular flexibility index (Phi) is 6.90. The van der Waals surface area contributed by atoms with E-state index in [1.54, 1.807) is 36.6 Å². The van der Waals surface area contributed by atoms with Crippen molar-refractivity contribution >= 4 is 24.0 Å². The van der Waals surface area contributed by atoms with Gasteiger partial charge in [0.05, 0.1) is 12.4 Å². The highest BCUT2D eigenvalue weighted by atomic mass is 16.5. The van der Waals surface area contributed by atoms with Crippen molar-refractivity contribution in [3.05, 3.63) is 71.7 Å². The Labute approximate surface area is 150 Å². The number of hydrogen-bond donors (Lipinski definition) is 4. The highest BCUT2D eigenvalue weighted by molar-refractivity contribution is 5.97. The minimum absolute atomic E-state index is 0.324. The molecule has 1 aromatic carbocycles. The molecule has 0 fully saturated rings. The van der Waals surface area contributed by atoms with Crippen LogP contribution in [0.2, 0.25) is 0 Å². The summed E-state index contributed by atoms with van der Waals surface area (Å²) in [4.78, 5) is 23.6. The third-order valence-electron chi connectivity index (χ3n) is 3.54. The van der Waals surface area contributed by atoms with Crippen LogP contribution in [0.15, 0.2) is 59.2 Å². The molecule has 2 atom stereocenters. The number of aliphatic hydroxyl groups is 1. The van der Waals surface area contributed by atoms with Gasteiger partial charge in [0, 0.05) is 5.56 Å². The second kappa shape index (κ2) is 9.36. The molecule has 0 aliphatic rings. The lowest BCUT2D eigenvalue weighted by atomic mass is 10.1. The van der Waals surface area contributed by atoms with Crippen LogP contribution < -0.4 is 10.8 Å². The third kappa shape index (κ3) is 5.44. The summed E-state index contributed by atoms with van der Waals surface area (Å²) in [6, 6.07) is 9.08. The molecule has 7 heteroatoms. The quantitative estimate of drug-likeness (QED) is 0.344. The molecule has 1 heterocycles. The summed E-state index contributed by atoms with van der Waals surface area (Å²) < 4.78 is 5.17. The molecule has 26 heavy (non-hydrogen) atoms. The average molecular weight is 356 g/mol. The number of hydrogen-bond acceptors (Lipinski definition) is 5. The predicted octanol–water partition coefficient (Wildman–Crippen LogP) is 1.99. The first-order chi connectivity index (χ1) is 12.5. The molecule has 0 spiro atoms. The summed E-state index contributed by atoms with van der Waals surface area (Å²) in [5, 5.41) is 20.6. The van der Waals surface area contributed by atoms with Crippen LogP contribution in [0.5, 0.6) is 0 Å². The highest BCUT2D eigenvalue weighted by Gasteiger charge is 2.25. The van der Waals surface area contributed by atoms with Gasteiger partial charge in [-0.25, -0.2) is 5.48 Å². The zero-order valence-electron chi connectivity index (χ0n) is 14.1. The molecule has 0 unspecified atom stereocenters. The monoisotopic (exact) mass is 356 g/mol. The van der Waals surface area contributed by atoms with Gasteiger partial charge in [-0.15, -0.1) is 0 Å². The number of hydroxylamine groups is 1. The Morgan fingerprint density at radius 3 is 2.38 bits per heavy atom. The van der Waals surface area contributed by atoms with E-state index >= 15 is 0 Å². The molecule has 0 radical (unpaired) electrons. The fourth-order valence-corrected chi connectivity index (χ4v) is 2.15. The molecule has 0 saturated heterocycles. The van der Waals surface area contributed by atoms with Crippen molar-refractivity contribution in [1.29, 1.82) is 0 Å². The van der Waals surface area contributed by atoms with Gasteiger partial charge in [0.15, 0.2) is 0 Å². The van der Waals surface area contributed by atoms with Gasteiger partial charge in [-0.3, -0.25) is 14.8 Å². The Morgan fingerprint density at radius 1 is 1.12 bits per heavy atom. The van der Waals surface area contributed by atoms with Crippen LogP contribution in [0.1, 0.15) is 28.6 Å². The van der Waals surface area contributed by atoms with Gasteiger partial charge < -0.3 is 14.8 Å². The molecule has 0 bridgehead atoms. The van der Waals surface area contributed by atoms with Crippen molar-refractivity contribution in [1.82, 2.24) is 10.8 Å². The maximum atomic E-state index is 12.2. The molecule has 2 rings (SSSR count). The van der Waals surface area contributed by atoms with E-state index in [9.17, 15) is 14.7 Å². The van der Waals surface area contributed by atoms with E-state index in [0.29, 0.717) is 5.56 Å². The van der Waals surface area contributed by atoms with Crippen molar-refractivity contribution < 1.29 is 24.3 Å². The van der Waals surface area contributed by atoms with Crippen LogP contribution in [0.4, 0.5) is 0 Å². The topological polar surface area (TPSA) is 112 Å². The lowest BCUT2D eigenvalue weighted by Crippen LogP contribution is -2.51. The zero-order valence-corrected chi connectivity index (χ0v) is 14.1. The second-order valence-electron chi connectivity index (χ2n) is 5.52. The fourth-order valence-electron chi connectivity index (χ4n) is 2.15. The minimum atomic E-state index is -1.25. The Bertz CT molecular complexity index is 777. The molecule has 2 aromatic rings. The third-order valence-corrected chi connectivity index (χ3v) is 3.54. The van der Waals surface area contributed by atoms with E-state index in [1.807, 2.05) is 30.4 Å². The highest BCUT2D eigenvalue weighted by Crippen LogP contribution is 2.08. The van der Waals surface area contributed by atoms with E-state index in [0.717, 1.165) is 11.3 Å². The molecule has 0 aliphatic heterocycles. The predicted molar refractivity (Wildman–Crippen MR) is 96.1 cm³/mol. The van der Waals surface area contributed by atoms with E-state index in [-0.39, 0.29) is 0 Å². The average Bonchev–Trinajstić information content (AvgIpc) is 3.16. The van der Waals surface area contributed by atoms with Crippen molar-refractivity contribution in [2.45, 2.75) is 19.1 Å². The smallest absolute Gasteiger partial charge is 0.268 e. The number of carbonyl (C=O) groups excluding carboxylic acids is 2. The van der Waals surface area contributed by atoms with Gasteiger partial charge >= 0.3 is 0 Å². The molecular weight excluding hydrogens is 336 g/mol. The molecule has 1 aromatic heterocycles. The Balaban J connectivity index is 1.97. The van der Waals surface area contributed by atoms with Crippen molar-refractivity contribution in [2.75, 3.05) is 0 Å². The summed E-state index contributed by atoms with van der Waals surface area (Å²) in [6.45, 7) is 1.34. The van der Waals surface area contributed by atoms with Gasteiger partial charge in [-0.05, 0) is 42.8 Å². The molecule has 2 amide bonds. The normalized spacial score (nSPS) is 13.7. The maximum Gasteiger partial charge on any atom is 0.268 e. The van der Waals surface area contributed by atoms with Crippen LogP contribution in [-0.2, 0) is 4.79 Å². The standard InChI is InChI=1S/C19H20N2O5/c1-13(22)17(19(24)21-25)20-18(23)15-10-8-14(9-11-15)5-2-3-6-16-7-4-12-26-16/h2-13,17,22,25H,1H3,(H,20,23)(H,21,24)/b5-2+,6-3+/t13-,17+/m1/s1. The van der Waals surface area contributed by atoms with E-state index in [1.165, 1.54) is 12.4 Å². The number of benzene rings is 1. The van der Waals surface area contributed by atoms with Crippen LogP contribution in [0.3, 0.4) is 0 Å². The van der Waals surface area contributed by atoms with Crippen molar-refractivity contribution in [3.8, 4) is 0 Å². The lowest BCUT2D eigenvalue weighted by molar-refractivity contribution is -0.133. The Hall–Kier alpha value is -3.16. The first-order valence-corrected chi connectivity index (χ1v) is 7.92. The lowest BCUT2D eigenvalue weighted by Gasteiger charge is -2.19. The van der Waals surface area contributed by atoms with E-state index in [2.05, 4.69) is 5.32 Å². The number of allylic oxidation sites excluding steroid dienone is 2. The van der Waals surface area contributed by atoms with Gasteiger partial charge in [-0.1, -0.05) is 30.4 Å². The number of amides is 2. The van der Waals surface area contributed by atoms with Crippen LogP contribution in [0.25, 0.3) is 12.2 Å². The summed E-state index contributed by atoms with van der Waals surface area (Å²) >= 11 is 0. The summed E-state index contributed by atoms with van der Waals surface area (Å²) in [5.41, 5.74) is 2.62. The van der Waals surface area contributed by atoms with Crippen molar-refractivity contribution in [2.24, 2.45) is 0 Å². The number of nitrogens with one attached hydrogen (secondary N) is 2. The zero-order chi connectivity index (χ0) is 18.9. The number of carbonyl (C=O) groups is 2. The SMILES string of the molecule is C[C@@H](O)[C@H](NC(=O)c1ccc(/C=C/C=C/c2ccco2)cc1)C(=O)NO. The molecular formula is C19H20N2O5. The molecule has 7 nitrogen and oxygen atoms in total. The van der Waals surface area contributed by atoms with E-state index < -0.39 is 24.0 Å². The van der Waals surface area contributed by atoms with Gasteiger partial charge in [0.2, 0.25) is 0 Å². The summed E-state index contributed by atoms with van der Waals surface area (Å²) in [6.07, 6.45) is 7.79. The fraction of sp³-hybridized carbons (Fsp3) is 0.158. The van der Waals surface area contributed by atoms with E-state index in [4.69, 9.17) is 9.62 Å². The van der Waals surface area contributed by atoms with Gasteiger partial charge in [-0.2, -0.15) is 0 Å². The van der Waals surface area contributed by atoms with Crippen molar-refractivity contribution in [3.63, 3.8) is 0 Å². The number of aliphatic hydroxyl groups excluding tert-OH is 1. The largest absolute Gasteiger partial charge is 0.465 e. The Morgan fingerprint density at radius 2 is 1.81 bits per heavy atom. The molecule has 136 valence electrons. The summed E-state index contributed by atoms with van der Waals surface area (Å²) in [7, 11) is 0. The van der Waals surface area contributed by atoms with Crippen LogP contribution in [-0.4, -0.2) is 34.3 Å². The molecule has 0 aliphatic carbocycles. The minimum Gasteiger partial charge on any atom is -0.465 e. The molecule has 0 saturated carbocycles. The first kappa shape index (κ1) is 19.2. The van der Waals surface area contributed by atoms with Crippen LogP contribution >= 0.6 is 0 Å². The summed E-state index contributed by atoms with van der Waals surface area (Å²) in [5.74, 6) is -0.676. The van der Waals surface area contributed by atoms with Gasteiger partial charge in [0.25, 0.3) is 11.8 Å². The van der Waals surface area contributed by atoms with Gasteiger partial charge in [0.1, 0.15) is 11.8 Å². The first-order valence-electron chi connectivity index (χ1n) is 7.92. The molecule has 4 N–H and O–H groups in total. The number of furan rings is 1. The maximum absolute atomic E-state index is 12.2.